The van der Waals surface area contributed by atoms with Crippen molar-refractivity contribution in [1.29, 1.82) is 0 Å². The van der Waals surface area contributed by atoms with E-state index in [-0.39, 0.29) is 17.3 Å². The monoisotopic (exact) mass is 326 g/mol. The minimum Gasteiger partial charge on any atom is -0.452 e. The molecule has 0 unspecified atom stereocenters. The van der Waals surface area contributed by atoms with Gasteiger partial charge in [-0.15, -0.1) is 0 Å². The molecule has 0 aromatic rings. The normalized spacial score (nSPS) is 54.0. The van der Waals surface area contributed by atoms with Gasteiger partial charge in [0.05, 0.1) is 11.5 Å². The van der Waals surface area contributed by atoms with E-state index in [1.807, 2.05) is 13.8 Å². The molecule has 3 N–H and O–H groups in total. The third kappa shape index (κ3) is 1.69. The standard InChI is InChI=1S/C17H26O6/c1-7-11(19)12(23-8(2)18)14(21)16(5)9-6-15(3,4)10(9)13(20)17(7,16)22/h7,9-13,19-20,22H,6H2,1-5H3/t7-,9+,10-,11+,12-,13+,16+,17-/m1/s1. The highest BCUT2D eigenvalue weighted by Gasteiger charge is 2.80. The van der Waals surface area contributed by atoms with E-state index in [0.29, 0.717) is 6.42 Å². The number of Topliss-reactive ketones (excluding diaryl/α,β-unsaturated/α-hetero) is 1. The number of carbonyl (C=O) groups is 2. The Hall–Kier alpha value is -0.980. The molecule has 130 valence electrons. The van der Waals surface area contributed by atoms with Crippen LogP contribution in [0.4, 0.5) is 0 Å². The molecule has 23 heavy (non-hydrogen) atoms. The molecule has 0 radical (unpaired) electrons. The second-order valence-corrected chi connectivity index (χ2v) is 8.47. The molecule has 0 aromatic carbocycles. The Balaban J connectivity index is 2.10. The first-order valence-electron chi connectivity index (χ1n) is 8.20. The summed E-state index contributed by atoms with van der Waals surface area (Å²) in [5.74, 6) is -2.31. The summed E-state index contributed by atoms with van der Waals surface area (Å²) in [4.78, 5) is 24.4. The second-order valence-electron chi connectivity index (χ2n) is 8.47. The van der Waals surface area contributed by atoms with Crippen LogP contribution in [0.25, 0.3) is 0 Å². The smallest absolute Gasteiger partial charge is 0.303 e. The third-order valence-electron chi connectivity index (χ3n) is 7.03. The zero-order chi connectivity index (χ0) is 17.5. The van der Waals surface area contributed by atoms with Crippen LogP contribution in [-0.2, 0) is 14.3 Å². The lowest BCUT2D eigenvalue weighted by Crippen LogP contribution is -2.70. The molecule has 8 atom stereocenters. The molecule has 0 bridgehead atoms. The predicted octanol–water partition coefficient (Wildman–Crippen LogP) is 0.272. The molecule has 0 aliphatic heterocycles. The SMILES string of the molecule is CC(=O)O[C@H]1C(=O)[C@]2(C)[C@H]3CC(C)(C)[C@H]3[C@H](O)[C@]2(O)[C@H](C)[C@@H]1O. The van der Waals surface area contributed by atoms with E-state index in [2.05, 4.69) is 0 Å². The number of hydrogen-bond acceptors (Lipinski definition) is 6. The van der Waals surface area contributed by atoms with Crippen molar-refractivity contribution in [2.45, 2.75) is 65.0 Å². The van der Waals surface area contributed by atoms with E-state index in [1.54, 1.807) is 13.8 Å². The zero-order valence-corrected chi connectivity index (χ0v) is 14.2. The third-order valence-corrected chi connectivity index (χ3v) is 7.03. The van der Waals surface area contributed by atoms with Crippen LogP contribution in [0.1, 0.15) is 41.0 Å². The largest absolute Gasteiger partial charge is 0.452 e. The number of hydrogen-bond donors (Lipinski definition) is 3. The topological polar surface area (TPSA) is 104 Å². The van der Waals surface area contributed by atoms with Gasteiger partial charge >= 0.3 is 5.97 Å². The Bertz CT molecular complexity index is 571. The van der Waals surface area contributed by atoms with Crippen LogP contribution in [0, 0.1) is 28.6 Å². The molecule has 0 aromatic heterocycles. The van der Waals surface area contributed by atoms with Gasteiger partial charge in [0, 0.05) is 12.8 Å². The van der Waals surface area contributed by atoms with Crippen molar-refractivity contribution in [2.75, 3.05) is 0 Å². The van der Waals surface area contributed by atoms with Gasteiger partial charge in [-0.2, -0.15) is 0 Å². The number of fused-ring (bicyclic) bond motifs is 3. The van der Waals surface area contributed by atoms with Crippen LogP contribution in [0.5, 0.6) is 0 Å². The summed E-state index contributed by atoms with van der Waals surface area (Å²) in [5, 5.41) is 32.6. The maximum absolute atomic E-state index is 13.1. The van der Waals surface area contributed by atoms with Gasteiger partial charge in [-0.1, -0.05) is 20.8 Å². The molecule has 3 saturated carbocycles. The van der Waals surface area contributed by atoms with Gasteiger partial charge in [0.15, 0.2) is 11.9 Å². The van der Waals surface area contributed by atoms with Gasteiger partial charge in [0.25, 0.3) is 0 Å². The predicted molar refractivity (Wildman–Crippen MR) is 80.2 cm³/mol. The molecule has 0 spiro atoms. The van der Waals surface area contributed by atoms with Crippen molar-refractivity contribution in [1.82, 2.24) is 0 Å². The lowest BCUT2D eigenvalue weighted by Gasteiger charge is -2.55. The summed E-state index contributed by atoms with van der Waals surface area (Å²) in [5.41, 5.74) is -3.13. The summed E-state index contributed by atoms with van der Waals surface area (Å²) in [6.45, 7) is 8.46. The van der Waals surface area contributed by atoms with Crippen molar-refractivity contribution in [3.63, 3.8) is 0 Å². The Labute approximate surface area is 135 Å². The number of ether oxygens (including phenoxy) is 1. The summed E-state index contributed by atoms with van der Waals surface area (Å²) in [6, 6.07) is 0. The molecule has 3 aliphatic rings. The molecular formula is C17H26O6. The highest BCUT2D eigenvalue weighted by atomic mass is 16.6. The molecule has 0 heterocycles. The second kappa shape index (κ2) is 4.55. The Morgan fingerprint density at radius 1 is 1.26 bits per heavy atom. The van der Waals surface area contributed by atoms with Crippen molar-refractivity contribution >= 4 is 11.8 Å². The quantitative estimate of drug-likeness (QED) is 0.598. The minimum absolute atomic E-state index is 0.179. The van der Waals surface area contributed by atoms with Crippen molar-refractivity contribution in [2.24, 2.45) is 28.6 Å². The van der Waals surface area contributed by atoms with Gasteiger partial charge in [0.1, 0.15) is 11.7 Å². The minimum atomic E-state index is -1.72. The van der Waals surface area contributed by atoms with E-state index in [1.165, 1.54) is 6.92 Å². The number of ketones is 1. The van der Waals surface area contributed by atoms with Crippen LogP contribution in [0.15, 0.2) is 0 Å². The van der Waals surface area contributed by atoms with Crippen LogP contribution in [0.2, 0.25) is 0 Å². The molecule has 0 amide bonds. The van der Waals surface area contributed by atoms with E-state index < -0.39 is 47.0 Å². The first-order chi connectivity index (χ1) is 10.4. The van der Waals surface area contributed by atoms with Crippen molar-refractivity contribution in [3.8, 4) is 0 Å². The Morgan fingerprint density at radius 2 is 1.83 bits per heavy atom. The summed E-state index contributed by atoms with van der Waals surface area (Å²) >= 11 is 0. The Morgan fingerprint density at radius 3 is 2.30 bits per heavy atom. The van der Waals surface area contributed by atoms with E-state index in [0.717, 1.165) is 0 Å². The summed E-state index contributed by atoms with van der Waals surface area (Å²) in [7, 11) is 0. The van der Waals surface area contributed by atoms with Gasteiger partial charge in [-0.05, 0) is 30.6 Å². The number of carbonyl (C=O) groups excluding carboxylic acids is 2. The molecule has 3 rings (SSSR count). The number of rotatable bonds is 1. The molecule has 3 fully saturated rings. The van der Waals surface area contributed by atoms with Crippen LogP contribution >= 0.6 is 0 Å². The molecular weight excluding hydrogens is 300 g/mol. The average molecular weight is 326 g/mol. The molecule has 0 saturated heterocycles. The van der Waals surface area contributed by atoms with Gasteiger partial charge in [-0.25, -0.2) is 0 Å². The van der Waals surface area contributed by atoms with Crippen LogP contribution < -0.4 is 0 Å². The van der Waals surface area contributed by atoms with Gasteiger partial charge in [0.2, 0.25) is 0 Å². The number of esters is 1. The summed E-state index contributed by atoms with van der Waals surface area (Å²) < 4.78 is 5.07. The maximum Gasteiger partial charge on any atom is 0.303 e. The first kappa shape index (κ1) is 16.9. The zero-order valence-electron chi connectivity index (χ0n) is 14.2. The van der Waals surface area contributed by atoms with Gasteiger partial charge in [-0.3, -0.25) is 9.59 Å². The lowest BCUT2D eigenvalue weighted by atomic mass is 9.49. The fourth-order valence-corrected chi connectivity index (χ4v) is 5.70. The molecule has 3 aliphatic carbocycles. The highest BCUT2D eigenvalue weighted by molar-refractivity contribution is 5.94. The van der Waals surface area contributed by atoms with Crippen LogP contribution in [-0.4, -0.2) is 51.0 Å². The van der Waals surface area contributed by atoms with E-state index in [4.69, 9.17) is 4.74 Å². The van der Waals surface area contributed by atoms with E-state index >= 15 is 0 Å². The van der Waals surface area contributed by atoms with Crippen LogP contribution in [0.3, 0.4) is 0 Å². The number of aliphatic hydroxyl groups is 3. The fourth-order valence-electron chi connectivity index (χ4n) is 5.70. The van der Waals surface area contributed by atoms with E-state index in [9.17, 15) is 24.9 Å². The highest BCUT2D eigenvalue weighted by Crippen LogP contribution is 2.72. The summed E-state index contributed by atoms with van der Waals surface area (Å²) in [6.07, 6.45) is -3.01. The molecule has 6 nitrogen and oxygen atoms in total. The van der Waals surface area contributed by atoms with Crippen molar-refractivity contribution in [3.05, 3.63) is 0 Å². The van der Waals surface area contributed by atoms with Gasteiger partial charge < -0.3 is 20.1 Å². The number of aliphatic hydroxyl groups excluding tert-OH is 2. The van der Waals surface area contributed by atoms with Crippen molar-refractivity contribution < 1.29 is 29.6 Å². The maximum atomic E-state index is 13.1. The lowest BCUT2D eigenvalue weighted by molar-refractivity contribution is -0.227. The fraction of sp³-hybridized carbons (Fsp3) is 0.882. The average Bonchev–Trinajstić information content (AvgIpc) is 2.59. The Kier molecular flexibility index (Phi) is 3.34. The molecule has 6 heteroatoms. The first-order valence-corrected chi connectivity index (χ1v) is 8.20.